The van der Waals surface area contributed by atoms with Gasteiger partial charge >= 0.3 is 11.9 Å². The van der Waals surface area contributed by atoms with Crippen molar-refractivity contribution in [3.05, 3.63) is 0 Å². The first-order valence-corrected chi connectivity index (χ1v) is 10.5. The van der Waals surface area contributed by atoms with E-state index in [4.69, 9.17) is 14.2 Å². The summed E-state index contributed by atoms with van der Waals surface area (Å²) in [6, 6.07) is 0. The fourth-order valence-electron chi connectivity index (χ4n) is 7.10. The zero-order valence-electron chi connectivity index (χ0n) is 17.7. The Kier molecular flexibility index (Phi) is 4.12. The van der Waals surface area contributed by atoms with E-state index in [0.29, 0.717) is 19.3 Å². The Morgan fingerprint density at radius 1 is 1.07 bits per heavy atom. The van der Waals surface area contributed by atoms with Crippen molar-refractivity contribution in [2.75, 3.05) is 6.61 Å². The van der Waals surface area contributed by atoms with Crippen molar-refractivity contribution in [3.8, 4) is 0 Å². The van der Waals surface area contributed by atoms with Crippen LogP contribution in [-0.2, 0) is 28.6 Å². The molecule has 28 heavy (non-hydrogen) atoms. The van der Waals surface area contributed by atoms with Gasteiger partial charge in [0.05, 0.1) is 6.42 Å². The smallest absolute Gasteiger partial charge is 0.308 e. The van der Waals surface area contributed by atoms with Crippen LogP contribution in [0.15, 0.2) is 0 Å². The van der Waals surface area contributed by atoms with Crippen molar-refractivity contribution < 1.29 is 28.6 Å². The average Bonchev–Trinajstić information content (AvgIpc) is 3.13. The molecule has 6 nitrogen and oxygen atoms in total. The highest BCUT2D eigenvalue weighted by Crippen LogP contribution is 2.69. The monoisotopic (exact) mass is 392 g/mol. The topological polar surface area (TPSA) is 78.9 Å². The van der Waals surface area contributed by atoms with Gasteiger partial charge in [0, 0.05) is 18.8 Å². The first-order valence-electron chi connectivity index (χ1n) is 10.5. The highest BCUT2D eigenvalue weighted by molar-refractivity contribution is 5.92. The number of carbonyl (C=O) groups is 3. The van der Waals surface area contributed by atoms with Crippen LogP contribution in [0.1, 0.15) is 79.6 Å². The Morgan fingerprint density at radius 2 is 1.79 bits per heavy atom. The standard InChI is InChI=1S/C22H32O6/c1-14(23)27-20(5)16(24)11-15-18(2,3)7-6-8-19(15,4)22(20)10-9-21(28-22)12-17(25)26-13-21/h15H,6-13H2,1-5H3. The van der Waals surface area contributed by atoms with Gasteiger partial charge in [-0.15, -0.1) is 0 Å². The molecule has 156 valence electrons. The Labute approximate surface area is 166 Å². The summed E-state index contributed by atoms with van der Waals surface area (Å²) < 4.78 is 17.9. The van der Waals surface area contributed by atoms with Crippen LogP contribution in [0.2, 0.25) is 0 Å². The van der Waals surface area contributed by atoms with Crippen LogP contribution < -0.4 is 0 Å². The van der Waals surface area contributed by atoms with Crippen LogP contribution in [0.25, 0.3) is 0 Å². The first-order chi connectivity index (χ1) is 12.9. The predicted molar refractivity (Wildman–Crippen MR) is 100 cm³/mol. The van der Waals surface area contributed by atoms with Gasteiger partial charge in [0.15, 0.2) is 11.4 Å². The molecule has 2 spiro atoms. The molecule has 2 heterocycles. The SMILES string of the molecule is CC(=O)OC1(C)C(=O)CC2C(C)(C)CCCC2(C)C12CCC1(COC(=O)C1)O2. The summed E-state index contributed by atoms with van der Waals surface area (Å²) in [5.74, 6) is -0.671. The molecule has 4 aliphatic rings. The number of hydrogen-bond acceptors (Lipinski definition) is 6. The summed E-state index contributed by atoms with van der Waals surface area (Å²) in [4.78, 5) is 37.5. The highest BCUT2D eigenvalue weighted by Gasteiger charge is 2.76. The van der Waals surface area contributed by atoms with Crippen molar-refractivity contribution in [2.24, 2.45) is 16.7 Å². The van der Waals surface area contributed by atoms with Crippen LogP contribution in [0.3, 0.4) is 0 Å². The number of cyclic esters (lactones) is 1. The number of esters is 2. The Morgan fingerprint density at radius 3 is 2.39 bits per heavy atom. The Bertz CT molecular complexity index is 743. The average molecular weight is 392 g/mol. The lowest BCUT2D eigenvalue weighted by Crippen LogP contribution is -2.74. The van der Waals surface area contributed by atoms with E-state index in [1.807, 2.05) is 0 Å². The van der Waals surface area contributed by atoms with E-state index in [1.54, 1.807) is 6.92 Å². The minimum atomic E-state index is -1.35. The summed E-state index contributed by atoms with van der Waals surface area (Å²) in [5, 5.41) is 0. The maximum atomic E-state index is 13.5. The molecule has 0 amide bonds. The molecule has 5 unspecified atom stereocenters. The summed E-state index contributed by atoms with van der Waals surface area (Å²) in [6.45, 7) is 9.97. The molecule has 4 fully saturated rings. The van der Waals surface area contributed by atoms with Crippen molar-refractivity contribution in [1.82, 2.24) is 0 Å². The number of rotatable bonds is 1. The van der Waals surface area contributed by atoms with Gasteiger partial charge in [-0.1, -0.05) is 27.2 Å². The fraction of sp³-hybridized carbons (Fsp3) is 0.864. The van der Waals surface area contributed by atoms with Crippen LogP contribution in [0, 0.1) is 16.7 Å². The molecular formula is C22H32O6. The molecular weight excluding hydrogens is 360 g/mol. The van der Waals surface area contributed by atoms with Gasteiger partial charge in [0.25, 0.3) is 0 Å². The third-order valence-electron chi connectivity index (χ3n) is 8.48. The zero-order valence-corrected chi connectivity index (χ0v) is 17.7. The van der Waals surface area contributed by atoms with E-state index in [0.717, 1.165) is 19.3 Å². The highest BCUT2D eigenvalue weighted by atomic mass is 16.6. The van der Waals surface area contributed by atoms with Gasteiger partial charge in [-0.25, -0.2) is 0 Å². The number of hydrogen-bond donors (Lipinski definition) is 0. The van der Waals surface area contributed by atoms with E-state index < -0.39 is 22.8 Å². The van der Waals surface area contributed by atoms with E-state index in [9.17, 15) is 14.4 Å². The number of Topliss-reactive ketones (excluding diaryl/α,β-unsaturated/α-hetero) is 1. The van der Waals surface area contributed by atoms with Gasteiger partial charge in [-0.2, -0.15) is 0 Å². The molecule has 0 aromatic heterocycles. The molecule has 0 bridgehead atoms. The van der Waals surface area contributed by atoms with Crippen LogP contribution >= 0.6 is 0 Å². The van der Waals surface area contributed by atoms with Crippen LogP contribution in [0.4, 0.5) is 0 Å². The van der Waals surface area contributed by atoms with E-state index >= 15 is 0 Å². The van der Waals surface area contributed by atoms with E-state index in [2.05, 4.69) is 20.8 Å². The summed E-state index contributed by atoms with van der Waals surface area (Å²) in [5.41, 5.74) is -3.36. The second kappa shape index (κ2) is 5.80. The van der Waals surface area contributed by atoms with Gasteiger partial charge in [-0.05, 0) is 43.9 Å². The maximum Gasteiger partial charge on any atom is 0.308 e. The Hall–Kier alpha value is -1.43. The van der Waals surface area contributed by atoms with Crippen LogP contribution in [-0.4, -0.2) is 41.1 Å². The van der Waals surface area contributed by atoms with Gasteiger partial charge < -0.3 is 14.2 Å². The molecule has 5 atom stereocenters. The normalized spacial score (nSPS) is 47.2. The first kappa shape index (κ1) is 19.9. The second-order valence-electron chi connectivity index (χ2n) is 10.5. The minimum Gasteiger partial charge on any atom is -0.463 e. The number of fused-ring (bicyclic) bond motifs is 2. The maximum absolute atomic E-state index is 13.5. The lowest BCUT2D eigenvalue weighted by molar-refractivity contribution is -0.286. The van der Waals surface area contributed by atoms with E-state index in [1.165, 1.54) is 6.92 Å². The number of ketones is 1. The molecule has 2 aliphatic heterocycles. The zero-order chi connectivity index (χ0) is 20.6. The summed E-state index contributed by atoms with van der Waals surface area (Å²) in [6.07, 6.45) is 4.82. The number of ether oxygens (including phenoxy) is 3. The molecule has 0 radical (unpaired) electrons. The summed E-state index contributed by atoms with van der Waals surface area (Å²) in [7, 11) is 0. The second-order valence-corrected chi connectivity index (χ2v) is 10.5. The lowest BCUT2D eigenvalue weighted by Gasteiger charge is -2.65. The Balaban J connectivity index is 1.87. The van der Waals surface area contributed by atoms with Crippen molar-refractivity contribution >= 4 is 17.7 Å². The third kappa shape index (κ3) is 2.39. The fourth-order valence-corrected chi connectivity index (χ4v) is 7.10. The molecule has 0 N–H and O–H groups in total. The minimum absolute atomic E-state index is 0.00563. The molecule has 0 aromatic carbocycles. The quantitative estimate of drug-likeness (QED) is 0.637. The lowest BCUT2D eigenvalue weighted by atomic mass is 9.43. The van der Waals surface area contributed by atoms with Crippen molar-refractivity contribution in [3.63, 3.8) is 0 Å². The molecule has 4 rings (SSSR count). The van der Waals surface area contributed by atoms with E-state index in [-0.39, 0.29) is 41.5 Å². The third-order valence-corrected chi connectivity index (χ3v) is 8.48. The predicted octanol–water partition coefficient (Wildman–Crippen LogP) is 3.35. The van der Waals surface area contributed by atoms with Crippen LogP contribution in [0.5, 0.6) is 0 Å². The van der Waals surface area contributed by atoms with Crippen molar-refractivity contribution in [2.45, 2.75) is 96.4 Å². The molecule has 6 heteroatoms. The number of carbonyl (C=O) groups excluding carboxylic acids is 3. The molecule has 0 aromatic rings. The van der Waals surface area contributed by atoms with Gasteiger partial charge in [-0.3, -0.25) is 14.4 Å². The molecule has 2 aliphatic carbocycles. The summed E-state index contributed by atoms with van der Waals surface area (Å²) >= 11 is 0. The van der Waals surface area contributed by atoms with Gasteiger partial charge in [0.1, 0.15) is 17.8 Å². The largest absolute Gasteiger partial charge is 0.463 e. The molecule has 2 saturated heterocycles. The van der Waals surface area contributed by atoms with Gasteiger partial charge in [0.2, 0.25) is 0 Å². The molecule has 2 saturated carbocycles. The van der Waals surface area contributed by atoms with Crippen molar-refractivity contribution in [1.29, 1.82) is 0 Å².